The third-order valence-electron chi connectivity index (χ3n) is 3.50. The summed E-state index contributed by atoms with van der Waals surface area (Å²) in [6.07, 6.45) is 4.83. The fraction of sp³-hybridized carbons (Fsp3) is 0.150. The molecule has 0 aliphatic carbocycles. The molecule has 0 spiro atoms. The van der Waals surface area contributed by atoms with Crippen LogP contribution in [-0.2, 0) is 9.53 Å². The first kappa shape index (κ1) is 21.1. The number of aliphatic imine (C=N–C) groups is 1. The predicted molar refractivity (Wildman–Crippen MR) is 114 cm³/mol. The summed E-state index contributed by atoms with van der Waals surface area (Å²) in [6.45, 7) is 1.89. The molecule has 1 aromatic carbocycles. The van der Waals surface area contributed by atoms with Crippen LogP contribution in [0, 0.1) is 0 Å². The van der Waals surface area contributed by atoms with Crippen LogP contribution in [0.15, 0.2) is 86.1 Å². The normalized spacial score (nSPS) is 12.3. The van der Waals surface area contributed by atoms with Crippen molar-refractivity contribution in [2.24, 2.45) is 15.2 Å². The van der Waals surface area contributed by atoms with Crippen LogP contribution in [0.3, 0.4) is 0 Å². The molecule has 1 N–H and O–H groups in total. The molecule has 9 nitrogen and oxygen atoms in total. The number of ether oxygens (including phenoxy) is 1. The van der Waals surface area contributed by atoms with Crippen molar-refractivity contribution in [1.29, 1.82) is 0 Å². The zero-order valence-corrected chi connectivity index (χ0v) is 16.8. The van der Waals surface area contributed by atoms with Gasteiger partial charge in [0.05, 0.1) is 12.3 Å². The first-order valence-electron chi connectivity index (χ1n) is 8.98. The van der Waals surface area contributed by atoms with Crippen LogP contribution in [0.4, 0.5) is 11.5 Å². The van der Waals surface area contributed by atoms with E-state index in [0.717, 1.165) is 17.3 Å². The van der Waals surface area contributed by atoms with E-state index in [1.165, 1.54) is 6.07 Å². The summed E-state index contributed by atoms with van der Waals surface area (Å²) >= 11 is 0.921. The van der Waals surface area contributed by atoms with Gasteiger partial charge in [0.1, 0.15) is 0 Å². The molecule has 0 saturated carbocycles. The molecule has 1 unspecified atom stereocenters. The second kappa shape index (κ2) is 10.8. The van der Waals surface area contributed by atoms with Gasteiger partial charge in [-0.15, -0.1) is 0 Å². The van der Waals surface area contributed by atoms with E-state index >= 15 is 0 Å². The largest absolute Gasteiger partial charge is 0.464 e. The van der Waals surface area contributed by atoms with Gasteiger partial charge in [-0.3, -0.25) is 9.78 Å². The SMILES string of the molecule is CCOC(=O)C(N=Nc1ccccc1)Sc1nc(/N=C\c2ccncc2)cc(=O)[nH]1. The Kier molecular flexibility index (Phi) is 7.56. The maximum absolute atomic E-state index is 12.3. The number of esters is 1. The van der Waals surface area contributed by atoms with Crippen LogP contribution in [0.2, 0.25) is 0 Å². The molecule has 0 bridgehead atoms. The van der Waals surface area contributed by atoms with Gasteiger partial charge in [-0.25, -0.2) is 14.8 Å². The first-order chi connectivity index (χ1) is 14.6. The second-order valence-corrected chi connectivity index (χ2v) is 6.79. The quantitative estimate of drug-likeness (QED) is 0.194. The van der Waals surface area contributed by atoms with Crippen LogP contribution in [0.25, 0.3) is 0 Å². The van der Waals surface area contributed by atoms with Gasteiger partial charge in [0.15, 0.2) is 11.0 Å². The Balaban J connectivity index is 1.82. The molecule has 10 heteroatoms. The highest BCUT2D eigenvalue weighted by Gasteiger charge is 2.22. The molecule has 0 aliphatic heterocycles. The zero-order valence-electron chi connectivity index (χ0n) is 16.0. The summed E-state index contributed by atoms with van der Waals surface area (Å²) in [5.41, 5.74) is 0.990. The molecule has 152 valence electrons. The number of azo groups is 1. The number of nitrogens with zero attached hydrogens (tertiary/aromatic N) is 5. The van der Waals surface area contributed by atoms with E-state index in [4.69, 9.17) is 4.74 Å². The summed E-state index contributed by atoms with van der Waals surface area (Å²) in [7, 11) is 0. The average Bonchev–Trinajstić information content (AvgIpc) is 2.76. The van der Waals surface area contributed by atoms with Crippen LogP contribution < -0.4 is 5.56 Å². The minimum Gasteiger partial charge on any atom is -0.464 e. The number of rotatable bonds is 8. The van der Waals surface area contributed by atoms with Crippen molar-refractivity contribution in [2.45, 2.75) is 17.5 Å². The van der Waals surface area contributed by atoms with Crippen molar-refractivity contribution in [3.05, 3.63) is 76.8 Å². The highest BCUT2D eigenvalue weighted by atomic mass is 32.2. The number of pyridine rings is 1. The number of aromatic nitrogens is 3. The third kappa shape index (κ3) is 6.45. The minimum absolute atomic E-state index is 0.175. The number of carbonyl (C=O) groups excluding carboxylic acids is 1. The van der Waals surface area contributed by atoms with Crippen molar-refractivity contribution in [3.8, 4) is 0 Å². The Morgan fingerprint density at radius 2 is 2.00 bits per heavy atom. The van der Waals surface area contributed by atoms with E-state index in [9.17, 15) is 9.59 Å². The highest BCUT2D eigenvalue weighted by molar-refractivity contribution is 8.00. The lowest BCUT2D eigenvalue weighted by Gasteiger charge is -2.09. The summed E-state index contributed by atoms with van der Waals surface area (Å²) in [4.78, 5) is 39.3. The van der Waals surface area contributed by atoms with E-state index < -0.39 is 16.9 Å². The fourth-order valence-electron chi connectivity index (χ4n) is 2.19. The number of hydrogen-bond donors (Lipinski definition) is 1. The molecule has 3 rings (SSSR count). The summed E-state index contributed by atoms with van der Waals surface area (Å²) in [5, 5.41) is 7.28. The number of aromatic amines is 1. The molecule has 0 amide bonds. The van der Waals surface area contributed by atoms with Gasteiger partial charge in [-0.05, 0) is 48.5 Å². The van der Waals surface area contributed by atoms with Crippen LogP contribution in [0.5, 0.6) is 0 Å². The Labute approximate surface area is 176 Å². The average molecular weight is 422 g/mol. The molecule has 0 radical (unpaired) electrons. The number of nitrogens with one attached hydrogen (secondary N) is 1. The van der Waals surface area contributed by atoms with Crippen molar-refractivity contribution in [3.63, 3.8) is 0 Å². The predicted octanol–water partition coefficient (Wildman–Crippen LogP) is 3.68. The number of carbonyl (C=O) groups is 1. The van der Waals surface area contributed by atoms with Crippen molar-refractivity contribution < 1.29 is 9.53 Å². The number of thioether (sulfide) groups is 1. The lowest BCUT2D eigenvalue weighted by molar-refractivity contribution is -0.142. The van der Waals surface area contributed by atoms with Gasteiger partial charge in [-0.1, -0.05) is 18.2 Å². The number of benzene rings is 1. The maximum atomic E-state index is 12.3. The van der Waals surface area contributed by atoms with Gasteiger partial charge in [-0.2, -0.15) is 10.2 Å². The first-order valence-corrected chi connectivity index (χ1v) is 9.86. The van der Waals surface area contributed by atoms with Gasteiger partial charge >= 0.3 is 5.97 Å². The van der Waals surface area contributed by atoms with E-state index in [1.807, 2.05) is 18.2 Å². The molecule has 30 heavy (non-hydrogen) atoms. The number of H-pyrrole nitrogens is 1. The standard InChI is InChI=1S/C20H18N6O3S/c1-2-29-19(28)18(26-25-15-6-4-3-5-7-15)30-20-23-16(12-17(27)24-20)22-13-14-8-10-21-11-9-14/h3-13,18H,2H2,1H3,(H,23,24,27)/b22-13-,26-25?. The number of hydrogen-bond acceptors (Lipinski definition) is 9. The molecule has 0 saturated heterocycles. The topological polar surface area (TPSA) is 122 Å². The van der Waals surface area contributed by atoms with Crippen molar-refractivity contribution in [2.75, 3.05) is 6.61 Å². The highest BCUT2D eigenvalue weighted by Crippen LogP contribution is 2.24. The van der Waals surface area contributed by atoms with Crippen molar-refractivity contribution >= 4 is 35.5 Å². The molecule has 3 aromatic rings. The van der Waals surface area contributed by atoms with E-state index in [1.54, 1.807) is 49.8 Å². The Morgan fingerprint density at radius 1 is 1.23 bits per heavy atom. The van der Waals surface area contributed by atoms with Crippen LogP contribution >= 0.6 is 11.8 Å². The van der Waals surface area contributed by atoms with Crippen LogP contribution in [-0.4, -0.2) is 39.1 Å². The lowest BCUT2D eigenvalue weighted by atomic mass is 10.3. The van der Waals surface area contributed by atoms with E-state index in [2.05, 4.69) is 30.2 Å². The summed E-state index contributed by atoms with van der Waals surface area (Å²) in [5.74, 6) is -0.392. The third-order valence-corrected chi connectivity index (χ3v) is 4.43. The van der Waals surface area contributed by atoms with Gasteiger partial charge in [0.25, 0.3) is 5.56 Å². The summed E-state index contributed by atoms with van der Waals surface area (Å²) in [6, 6.07) is 13.8. The Bertz CT molecular complexity index is 1090. The van der Waals surface area contributed by atoms with Gasteiger partial charge < -0.3 is 9.72 Å². The molecular weight excluding hydrogens is 404 g/mol. The Hall–Kier alpha value is -3.66. The molecule has 1 atom stereocenters. The maximum Gasteiger partial charge on any atom is 0.343 e. The Morgan fingerprint density at radius 3 is 2.73 bits per heavy atom. The van der Waals surface area contributed by atoms with Crippen LogP contribution in [0.1, 0.15) is 12.5 Å². The zero-order chi connectivity index (χ0) is 21.2. The molecule has 0 aliphatic rings. The monoisotopic (exact) mass is 422 g/mol. The second-order valence-electron chi connectivity index (χ2n) is 5.72. The molecule has 0 fully saturated rings. The molecule has 2 heterocycles. The fourth-order valence-corrected chi connectivity index (χ4v) is 2.96. The lowest BCUT2D eigenvalue weighted by Crippen LogP contribution is -2.19. The van der Waals surface area contributed by atoms with Crippen molar-refractivity contribution in [1.82, 2.24) is 15.0 Å². The van der Waals surface area contributed by atoms with E-state index in [0.29, 0.717) is 5.69 Å². The molecular formula is C20H18N6O3S. The van der Waals surface area contributed by atoms with Gasteiger partial charge in [0.2, 0.25) is 5.37 Å². The van der Waals surface area contributed by atoms with Gasteiger partial charge in [0, 0.05) is 24.7 Å². The minimum atomic E-state index is -1.03. The molecule has 2 aromatic heterocycles. The smallest absolute Gasteiger partial charge is 0.343 e. The van der Waals surface area contributed by atoms with E-state index in [-0.39, 0.29) is 17.6 Å². The summed E-state index contributed by atoms with van der Waals surface area (Å²) < 4.78 is 5.06.